The predicted molar refractivity (Wildman–Crippen MR) is 127 cm³/mol. The van der Waals surface area contributed by atoms with Gasteiger partial charge in [0.1, 0.15) is 0 Å². The highest BCUT2D eigenvalue weighted by molar-refractivity contribution is 5.84. The van der Waals surface area contributed by atoms with E-state index in [9.17, 15) is 14.4 Å². The molecular weight excluding hydrogens is 404 g/mol. The molecule has 0 aromatic carbocycles. The van der Waals surface area contributed by atoms with Crippen molar-refractivity contribution < 1.29 is 19.5 Å². The third kappa shape index (κ3) is 9.74. The molecule has 0 aromatic heterocycles. The van der Waals surface area contributed by atoms with Crippen LogP contribution in [0.4, 0.5) is 0 Å². The Bertz CT molecular complexity index is 619. The van der Waals surface area contributed by atoms with Crippen LogP contribution in [0.3, 0.4) is 0 Å². The maximum atomic E-state index is 11.9. The van der Waals surface area contributed by atoms with Gasteiger partial charge in [0.25, 0.3) is 0 Å². The minimum atomic E-state index is -0.713. The molecule has 2 aliphatic rings. The molecule has 0 heterocycles. The summed E-state index contributed by atoms with van der Waals surface area (Å²) >= 11 is 0. The van der Waals surface area contributed by atoms with Gasteiger partial charge in [0.05, 0.1) is 6.54 Å². The largest absolute Gasteiger partial charge is 0.481 e. The van der Waals surface area contributed by atoms with Crippen molar-refractivity contribution in [3.05, 3.63) is 12.2 Å². The molecule has 6 heteroatoms. The Morgan fingerprint density at radius 3 is 2.41 bits per heavy atom. The van der Waals surface area contributed by atoms with E-state index in [1.807, 2.05) is 0 Å². The number of carboxylic acids is 1. The maximum Gasteiger partial charge on any atom is 0.303 e. The van der Waals surface area contributed by atoms with Gasteiger partial charge >= 0.3 is 5.97 Å². The van der Waals surface area contributed by atoms with Crippen molar-refractivity contribution in [1.82, 2.24) is 10.6 Å². The zero-order valence-corrected chi connectivity index (χ0v) is 19.9. The fraction of sp³-hybridized carbons (Fsp3) is 0.808. The Kier molecular flexibility index (Phi) is 12.4. The Hall–Kier alpha value is -1.85. The van der Waals surface area contributed by atoms with Crippen LogP contribution in [0.5, 0.6) is 0 Å². The quantitative estimate of drug-likeness (QED) is 0.219. The van der Waals surface area contributed by atoms with Crippen LogP contribution in [-0.2, 0) is 14.4 Å². The first kappa shape index (κ1) is 26.4. The number of allylic oxidation sites excluding steroid dienone is 2. The van der Waals surface area contributed by atoms with E-state index in [4.69, 9.17) is 5.11 Å². The van der Waals surface area contributed by atoms with Crippen LogP contribution in [-0.4, -0.2) is 36.0 Å². The van der Waals surface area contributed by atoms with Gasteiger partial charge in [-0.05, 0) is 81.5 Å². The molecule has 182 valence electrons. The van der Waals surface area contributed by atoms with Crippen LogP contribution >= 0.6 is 0 Å². The van der Waals surface area contributed by atoms with Crippen LogP contribution < -0.4 is 10.6 Å². The molecule has 0 saturated heterocycles. The van der Waals surface area contributed by atoms with Gasteiger partial charge in [-0.25, -0.2) is 0 Å². The molecule has 32 heavy (non-hydrogen) atoms. The van der Waals surface area contributed by atoms with Crippen LogP contribution in [0.1, 0.15) is 96.8 Å². The number of carboxylic acid groups (broad SMARTS) is 1. The first-order valence-corrected chi connectivity index (χ1v) is 12.9. The fourth-order valence-corrected chi connectivity index (χ4v) is 5.69. The van der Waals surface area contributed by atoms with Crippen molar-refractivity contribution in [1.29, 1.82) is 0 Å². The number of rotatable bonds is 17. The fourth-order valence-electron chi connectivity index (χ4n) is 5.69. The predicted octanol–water partition coefficient (Wildman–Crippen LogP) is 4.83. The summed E-state index contributed by atoms with van der Waals surface area (Å²) in [6.07, 6.45) is 18.4. The lowest BCUT2D eigenvalue weighted by Gasteiger charge is -2.30. The van der Waals surface area contributed by atoms with E-state index < -0.39 is 5.97 Å². The van der Waals surface area contributed by atoms with Crippen LogP contribution in [0.25, 0.3) is 0 Å². The highest BCUT2D eigenvalue weighted by Gasteiger charge is 2.45. The normalized spacial score (nSPS) is 24.2. The molecule has 2 amide bonds. The molecule has 0 unspecified atom stereocenters. The van der Waals surface area contributed by atoms with Gasteiger partial charge in [0.2, 0.25) is 11.8 Å². The van der Waals surface area contributed by atoms with Gasteiger partial charge in [-0.1, -0.05) is 38.3 Å². The summed E-state index contributed by atoms with van der Waals surface area (Å²) in [7, 11) is 0. The molecule has 6 nitrogen and oxygen atoms in total. The van der Waals surface area contributed by atoms with E-state index in [1.165, 1.54) is 25.7 Å². The Morgan fingerprint density at radius 1 is 0.875 bits per heavy atom. The van der Waals surface area contributed by atoms with Crippen molar-refractivity contribution in [3.8, 4) is 0 Å². The second-order valence-electron chi connectivity index (χ2n) is 9.73. The van der Waals surface area contributed by atoms with Crippen molar-refractivity contribution in [2.75, 3.05) is 13.1 Å². The minimum absolute atomic E-state index is 0.0353. The van der Waals surface area contributed by atoms with Gasteiger partial charge in [-0.2, -0.15) is 0 Å². The first-order valence-electron chi connectivity index (χ1n) is 12.9. The van der Waals surface area contributed by atoms with Crippen LogP contribution in [0.2, 0.25) is 0 Å². The number of hydrogen-bond acceptors (Lipinski definition) is 3. The lowest BCUT2D eigenvalue weighted by molar-refractivity contribution is -0.137. The molecule has 2 aliphatic carbocycles. The Labute approximate surface area is 194 Å². The van der Waals surface area contributed by atoms with Crippen molar-refractivity contribution in [3.63, 3.8) is 0 Å². The molecule has 2 rings (SSSR count). The zero-order valence-electron chi connectivity index (χ0n) is 19.9. The molecule has 0 spiro atoms. The number of carbonyl (C=O) groups is 3. The standard InChI is InChI=1S/C26H44N2O4/c1-2-3-6-13-24(29)28-19-25(30)27-17-10-9-12-23-21-16-15-20(18-21)22(23)11-7-4-5-8-14-26(31)32/h4,7,20-23H,2-3,5-6,8-19H2,1H3,(H,27,30)(H,28,29)(H,31,32)/b7-4-/t20-,21+,22-,23+/m0/s1. The lowest BCUT2D eigenvalue weighted by Crippen LogP contribution is -2.37. The summed E-state index contributed by atoms with van der Waals surface area (Å²) < 4.78 is 0. The lowest BCUT2D eigenvalue weighted by atomic mass is 9.75. The second-order valence-corrected chi connectivity index (χ2v) is 9.73. The molecule has 4 atom stereocenters. The van der Waals surface area contributed by atoms with Crippen LogP contribution in [0, 0.1) is 23.7 Å². The first-order chi connectivity index (χ1) is 15.5. The third-order valence-electron chi connectivity index (χ3n) is 7.35. The summed E-state index contributed by atoms with van der Waals surface area (Å²) in [6.45, 7) is 2.87. The smallest absolute Gasteiger partial charge is 0.303 e. The number of hydrogen-bond donors (Lipinski definition) is 3. The Balaban J connectivity index is 1.57. The monoisotopic (exact) mass is 448 g/mol. The molecule has 0 aliphatic heterocycles. The average molecular weight is 449 g/mol. The van der Waals surface area contributed by atoms with Gasteiger partial charge in [-0.15, -0.1) is 0 Å². The van der Waals surface area contributed by atoms with Crippen LogP contribution in [0.15, 0.2) is 12.2 Å². The van der Waals surface area contributed by atoms with E-state index in [0.29, 0.717) is 13.0 Å². The van der Waals surface area contributed by atoms with Gasteiger partial charge in [0.15, 0.2) is 0 Å². The van der Waals surface area contributed by atoms with E-state index in [1.54, 1.807) is 0 Å². The SMILES string of the molecule is CCCCCC(=O)NCC(=O)NCCCC[C@@H]1[C@@H]2CC[C@@H](C2)[C@@H]1C/C=C\CCCC(=O)O. The highest BCUT2D eigenvalue weighted by Crippen LogP contribution is 2.55. The molecular formula is C26H44N2O4. The number of aliphatic carboxylic acids is 1. The second kappa shape index (κ2) is 15.1. The van der Waals surface area contributed by atoms with Gasteiger partial charge in [0, 0.05) is 19.4 Å². The van der Waals surface area contributed by atoms with E-state index in [-0.39, 0.29) is 24.8 Å². The molecule has 2 bridgehead atoms. The summed E-state index contributed by atoms with van der Waals surface area (Å²) in [5, 5.41) is 14.4. The van der Waals surface area contributed by atoms with Gasteiger partial charge in [-0.3, -0.25) is 14.4 Å². The average Bonchev–Trinajstić information content (AvgIpc) is 3.36. The van der Waals surface area contributed by atoms with E-state index in [2.05, 4.69) is 29.7 Å². The molecule has 0 aromatic rings. The van der Waals surface area contributed by atoms with E-state index in [0.717, 1.165) is 75.0 Å². The number of fused-ring (bicyclic) bond motifs is 2. The van der Waals surface area contributed by atoms with E-state index >= 15 is 0 Å². The molecule has 2 fully saturated rings. The van der Waals surface area contributed by atoms with Crippen molar-refractivity contribution >= 4 is 17.8 Å². The minimum Gasteiger partial charge on any atom is -0.481 e. The topological polar surface area (TPSA) is 95.5 Å². The maximum absolute atomic E-state index is 11.9. The molecule has 3 N–H and O–H groups in total. The number of unbranched alkanes of at least 4 members (excludes halogenated alkanes) is 4. The highest BCUT2D eigenvalue weighted by atomic mass is 16.4. The van der Waals surface area contributed by atoms with Crippen molar-refractivity contribution in [2.45, 2.75) is 96.8 Å². The number of carbonyl (C=O) groups excluding carboxylic acids is 2. The van der Waals surface area contributed by atoms with Crippen molar-refractivity contribution in [2.24, 2.45) is 23.7 Å². The number of nitrogens with one attached hydrogen (secondary N) is 2. The zero-order chi connectivity index (χ0) is 23.2. The summed E-state index contributed by atoms with van der Waals surface area (Å²) in [5.74, 6) is 2.48. The third-order valence-corrected chi connectivity index (χ3v) is 7.35. The number of amides is 2. The summed E-state index contributed by atoms with van der Waals surface area (Å²) in [6, 6.07) is 0. The Morgan fingerprint density at radius 2 is 1.66 bits per heavy atom. The summed E-state index contributed by atoms with van der Waals surface area (Å²) in [5.41, 5.74) is 0. The molecule has 2 saturated carbocycles. The summed E-state index contributed by atoms with van der Waals surface area (Å²) in [4.78, 5) is 34.2. The molecule has 0 radical (unpaired) electrons. The van der Waals surface area contributed by atoms with Gasteiger partial charge < -0.3 is 15.7 Å².